The van der Waals surface area contributed by atoms with E-state index in [1.54, 1.807) is 13.2 Å². The molecule has 10 heteroatoms. The normalized spacial score (nSPS) is 15.9. The van der Waals surface area contributed by atoms with E-state index < -0.39 is 23.7 Å². The number of hydrogen-bond donors (Lipinski definition) is 1. The van der Waals surface area contributed by atoms with Gasteiger partial charge in [-0.1, -0.05) is 42.5 Å². The molecule has 0 spiro atoms. The molecule has 1 aliphatic heterocycles. The Hall–Kier alpha value is -4.44. The van der Waals surface area contributed by atoms with Crippen LogP contribution in [-0.2, 0) is 32.0 Å². The molecular formula is C37H46N4O6. The number of esters is 1. The summed E-state index contributed by atoms with van der Waals surface area (Å²) >= 11 is 0. The minimum atomic E-state index is -0.659. The van der Waals surface area contributed by atoms with Gasteiger partial charge in [0.2, 0.25) is 5.91 Å². The van der Waals surface area contributed by atoms with Crippen molar-refractivity contribution in [2.45, 2.75) is 77.0 Å². The molecule has 0 saturated carbocycles. The van der Waals surface area contributed by atoms with E-state index in [1.807, 2.05) is 56.0 Å². The molecule has 4 aromatic rings. The van der Waals surface area contributed by atoms with Crippen LogP contribution in [0.2, 0.25) is 0 Å². The monoisotopic (exact) mass is 642 g/mol. The maximum atomic E-state index is 13.9. The Labute approximate surface area is 276 Å². The number of rotatable bonds is 11. The Morgan fingerprint density at radius 3 is 2.55 bits per heavy atom. The highest BCUT2D eigenvalue weighted by molar-refractivity contribution is 5.93. The molecule has 1 saturated heterocycles. The molecule has 2 amide bonds. The summed E-state index contributed by atoms with van der Waals surface area (Å²) in [5, 5.41) is 5.23. The fourth-order valence-electron chi connectivity index (χ4n) is 6.35. The number of imidazole rings is 1. The van der Waals surface area contributed by atoms with Gasteiger partial charge in [0.15, 0.2) is 0 Å². The zero-order valence-electron chi connectivity index (χ0n) is 28.1. The van der Waals surface area contributed by atoms with E-state index in [4.69, 9.17) is 19.2 Å². The first-order chi connectivity index (χ1) is 22.5. The van der Waals surface area contributed by atoms with Crippen LogP contribution in [0.5, 0.6) is 0 Å². The van der Waals surface area contributed by atoms with Gasteiger partial charge in [-0.05, 0) is 81.0 Å². The molecule has 0 aliphatic carbocycles. The van der Waals surface area contributed by atoms with Gasteiger partial charge in [0.25, 0.3) is 0 Å². The van der Waals surface area contributed by atoms with E-state index in [9.17, 15) is 14.4 Å². The number of fused-ring (bicyclic) bond motifs is 2. The number of carbonyl (C=O) groups excluding carboxylic acids is 3. The number of aryl methyl sites for hydroxylation is 1. The summed E-state index contributed by atoms with van der Waals surface area (Å²) in [6, 6.07) is 19.3. The van der Waals surface area contributed by atoms with Crippen molar-refractivity contribution in [2.24, 2.45) is 0 Å². The molecular weight excluding hydrogens is 596 g/mol. The van der Waals surface area contributed by atoms with Crippen molar-refractivity contribution in [3.8, 4) is 0 Å². The number of ether oxygens (including phenoxy) is 3. The van der Waals surface area contributed by atoms with Crippen LogP contribution >= 0.6 is 0 Å². The number of hydrogen-bond acceptors (Lipinski definition) is 7. The summed E-state index contributed by atoms with van der Waals surface area (Å²) in [5.41, 5.74) is 2.50. The van der Waals surface area contributed by atoms with Gasteiger partial charge in [0.05, 0.1) is 23.7 Å². The number of piperidine rings is 1. The number of benzene rings is 3. The lowest BCUT2D eigenvalue weighted by Crippen LogP contribution is -2.46. The summed E-state index contributed by atoms with van der Waals surface area (Å²) in [4.78, 5) is 46.0. The van der Waals surface area contributed by atoms with Crippen molar-refractivity contribution in [2.75, 3.05) is 33.9 Å². The highest BCUT2D eigenvalue weighted by Crippen LogP contribution is 2.31. The van der Waals surface area contributed by atoms with E-state index in [0.29, 0.717) is 38.2 Å². The minimum Gasteiger partial charge on any atom is -0.465 e. The molecule has 1 aliphatic rings. The van der Waals surface area contributed by atoms with E-state index in [1.165, 1.54) is 7.11 Å². The number of carbonyl (C=O) groups is 3. The average molecular weight is 643 g/mol. The second-order valence-corrected chi connectivity index (χ2v) is 13.3. The van der Waals surface area contributed by atoms with Gasteiger partial charge in [-0.15, -0.1) is 0 Å². The summed E-state index contributed by atoms with van der Waals surface area (Å²) in [6.07, 6.45) is 2.59. The first-order valence-electron chi connectivity index (χ1n) is 16.4. The molecule has 2 atom stereocenters. The van der Waals surface area contributed by atoms with Gasteiger partial charge >= 0.3 is 12.1 Å². The topological polar surface area (TPSA) is 112 Å². The molecule has 1 aromatic heterocycles. The fourth-order valence-corrected chi connectivity index (χ4v) is 6.35. The molecule has 1 fully saturated rings. The Bertz CT molecular complexity index is 1730. The summed E-state index contributed by atoms with van der Waals surface area (Å²) in [5.74, 6) is 0.495. The third-order valence-corrected chi connectivity index (χ3v) is 8.51. The molecule has 10 nitrogen and oxygen atoms in total. The minimum absolute atomic E-state index is 0.0157. The molecule has 250 valence electrons. The second kappa shape index (κ2) is 15.0. The van der Waals surface area contributed by atoms with Crippen LogP contribution in [0.25, 0.3) is 21.8 Å². The molecule has 0 bridgehead atoms. The number of aromatic nitrogens is 2. The predicted molar refractivity (Wildman–Crippen MR) is 182 cm³/mol. The van der Waals surface area contributed by atoms with Crippen LogP contribution in [0.3, 0.4) is 0 Å². The number of nitrogens with zero attached hydrogens (tertiary/aromatic N) is 3. The van der Waals surface area contributed by atoms with Crippen molar-refractivity contribution >= 4 is 39.8 Å². The maximum absolute atomic E-state index is 13.9. The number of likely N-dealkylation sites (tertiary alicyclic amines) is 1. The first-order valence-corrected chi connectivity index (χ1v) is 16.4. The van der Waals surface area contributed by atoms with Gasteiger partial charge < -0.3 is 29.0 Å². The molecule has 5 rings (SSSR count). The predicted octanol–water partition coefficient (Wildman–Crippen LogP) is 6.24. The van der Waals surface area contributed by atoms with Crippen LogP contribution < -0.4 is 5.32 Å². The SMILES string of the molecule is COCCCn1c(C2CCCN(C(=O)C[C@@H](Cc3ccc4ccccc4c3)NC(=O)OC(C)(C)C)C2)nc2ccc(C(=O)OC)cc21. The zero-order valence-corrected chi connectivity index (χ0v) is 28.1. The molecule has 1 unspecified atom stereocenters. The van der Waals surface area contributed by atoms with Crippen LogP contribution in [0.15, 0.2) is 60.7 Å². The number of methoxy groups -OCH3 is 2. The number of nitrogens with one attached hydrogen (secondary N) is 1. The van der Waals surface area contributed by atoms with Crippen molar-refractivity contribution in [3.63, 3.8) is 0 Å². The highest BCUT2D eigenvalue weighted by atomic mass is 16.6. The molecule has 2 heterocycles. The largest absolute Gasteiger partial charge is 0.465 e. The molecule has 1 N–H and O–H groups in total. The maximum Gasteiger partial charge on any atom is 0.407 e. The van der Waals surface area contributed by atoms with Gasteiger partial charge in [-0.2, -0.15) is 0 Å². The lowest BCUT2D eigenvalue weighted by atomic mass is 9.95. The van der Waals surface area contributed by atoms with Crippen molar-refractivity contribution in [3.05, 3.63) is 77.6 Å². The van der Waals surface area contributed by atoms with Gasteiger partial charge in [0, 0.05) is 51.7 Å². The summed E-state index contributed by atoms with van der Waals surface area (Å²) < 4.78 is 18.0. The second-order valence-electron chi connectivity index (χ2n) is 13.3. The van der Waals surface area contributed by atoms with E-state index in [0.717, 1.165) is 52.5 Å². The Morgan fingerprint density at radius 1 is 1.02 bits per heavy atom. The van der Waals surface area contributed by atoms with Gasteiger partial charge in [-0.3, -0.25) is 4.79 Å². The zero-order chi connectivity index (χ0) is 33.6. The number of amides is 2. The van der Waals surface area contributed by atoms with E-state index >= 15 is 0 Å². The van der Waals surface area contributed by atoms with Gasteiger partial charge in [-0.25, -0.2) is 14.6 Å². The van der Waals surface area contributed by atoms with E-state index in [2.05, 4.69) is 34.1 Å². The van der Waals surface area contributed by atoms with E-state index in [-0.39, 0.29) is 18.2 Å². The Morgan fingerprint density at radius 2 is 1.81 bits per heavy atom. The molecule has 3 aromatic carbocycles. The van der Waals surface area contributed by atoms with Crippen LogP contribution in [0.4, 0.5) is 4.79 Å². The summed E-state index contributed by atoms with van der Waals surface area (Å²) in [7, 11) is 3.05. The smallest absolute Gasteiger partial charge is 0.407 e. The van der Waals surface area contributed by atoms with Crippen LogP contribution in [0.1, 0.15) is 74.1 Å². The average Bonchev–Trinajstić information content (AvgIpc) is 3.41. The van der Waals surface area contributed by atoms with Crippen molar-refractivity contribution < 1.29 is 28.6 Å². The Kier molecular flexibility index (Phi) is 10.8. The lowest BCUT2D eigenvalue weighted by Gasteiger charge is -2.34. The van der Waals surface area contributed by atoms with Gasteiger partial charge in [0.1, 0.15) is 11.4 Å². The highest BCUT2D eigenvalue weighted by Gasteiger charge is 2.31. The van der Waals surface area contributed by atoms with Crippen LogP contribution in [-0.4, -0.2) is 78.0 Å². The standard InChI is InChI=1S/C37H46N4O6/c1-37(2,3)47-36(44)38-30(21-25-13-14-26-10-6-7-11-27(26)20-25)23-33(42)40-17-8-12-29(24-40)34-39-31-16-15-28(35(43)46-5)22-32(31)41(34)18-9-19-45-4/h6-7,10-11,13-16,20,22,29-30H,8-9,12,17-19,21,23-24H2,1-5H3,(H,38,44)/t29?,30-/m1/s1. The summed E-state index contributed by atoms with van der Waals surface area (Å²) in [6.45, 7) is 7.89. The quantitative estimate of drug-likeness (QED) is 0.152. The lowest BCUT2D eigenvalue weighted by molar-refractivity contribution is -0.133. The fraction of sp³-hybridized carbons (Fsp3) is 0.459. The molecule has 0 radical (unpaired) electrons. The van der Waals surface area contributed by atoms with Crippen molar-refractivity contribution in [1.29, 1.82) is 0 Å². The molecule has 47 heavy (non-hydrogen) atoms. The first kappa shape index (κ1) is 33.9. The number of alkyl carbamates (subject to hydrolysis) is 1. The third-order valence-electron chi connectivity index (χ3n) is 8.51. The Balaban J connectivity index is 1.36. The van der Waals surface area contributed by atoms with Crippen LogP contribution in [0, 0.1) is 0 Å². The van der Waals surface area contributed by atoms with Crippen molar-refractivity contribution in [1.82, 2.24) is 19.8 Å². The third kappa shape index (κ3) is 8.68.